The summed E-state index contributed by atoms with van der Waals surface area (Å²) in [5, 5.41) is 2.55. The Morgan fingerprint density at radius 3 is 2.47 bits per heavy atom. The number of fused-ring (bicyclic) bond motifs is 1. The summed E-state index contributed by atoms with van der Waals surface area (Å²) in [5.41, 5.74) is -0.210. The molecule has 0 bridgehead atoms. The van der Waals surface area contributed by atoms with Gasteiger partial charge in [-0.05, 0) is 45.9 Å². The number of esters is 1. The minimum atomic E-state index is -1.53. The van der Waals surface area contributed by atoms with Crippen molar-refractivity contribution in [2.75, 3.05) is 18.1 Å². The number of alkyl carbamates (subject to hydrolysis) is 1. The lowest BCUT2D eigenvalue weighted by Gasteiger charge is -2.26. The number of nitrogens with zero attached hydrogens (tertiary/aromatic N) is 2. The van der Waals surface area contributed by atoms with Crippen LogP contribution in [0.5, 0.6) is 0 Å². The number of hydrogen-bond donors (Lipinski definition) is 1. The lowest BCUT2D eigenvalue weighted by Crippen LogP contribution is -2.50. The number of ether oxygens (including phenoxy) is 2. The van der Waals surface area contributed by atoms with E-state index in [9.17, 15) is 18.8 Å². The molecule has 8 nitrogen and oxygen atoms in total. The molecule has 0 spiro atoms. The monoisotopic (exact) mass is 489 g/mol. The molecular weight excluding hydrogens is 465 g/mol. The predicted molar refractivity (Wildman–Crippen MR) is 126 cm³/mol. The lowest BCUT2D eigenvalue weighted by atomic mass is 9.99. The van der Waals surface area contributed by atoms with Gasteiger partial charge in [-0.1, -0.05) is 35.9 Å². The second-order valence-corrected chi connectivity index (χ2v) is 8.78. The van der Waals surface area contributed by atoms with E-state index in [4.69, 9.17) is 21.1 Å². The van der Waals surface area contributed by atoms with E-state index in [2.05, 4.69) is 10.3 Å². The molecule has 2 aromatic rings. The third-order valence-electron chi connectivity index (χ3n) is 4.64. The van der Waals surface area contributed by atoms with E-state index in [1.54, 1.807) is 45.9 Å². The van der Waals surface area contributed by atoms with Crippen molar-refractivity contribution in [1.82, 2.24) is 5.32 Å². The Labute approximate surface area is 201 Å². The highest BCUT2D eigenvalue weighted by Gasteiger charge is 2.37. The van der Waals surface area contributed by atoms with Crippen LogP contribution in [0.15, 0.2) is 47.5 Å². The first kappa shape index (κ1) is 25.2. The van der Waals surface area contributed by atoms with E-state index in [0.29, 0.717) is 5.56 Å². The maximum Gasteiger partial charge on any atom is 0.409 e. The van der Waals surface area contributed by atoms with Gasteiger partial charge in [-0.15, -0.1) is 0 Å². The van der Waals surface area contributed by atoms with Crippen molar-refractivity contribution in [2.24, 2.45) is 4.99 Å². The van der Waals surface area contributed by atoms with Gasteiger partial charge in [0.15, 0.2) is 0 Å². The molecule has 0 aromatic heterocycles. The maximum absolute atomic E-state index is 14.8. The van der Waals surface area contributed by atoms with Gasteiger partial charge in [0, 0.05) is 11.1 Å². The molecule has 34 heavy (non-hydrogen) atoms. The number of benzodiazepines with no additional fused rings is 1. The van der Waals surface area contributed by atoms with Crippen LogP contribution >= 0.6 is 11.6 Å². The maximum atomic E-state index is 14.8. The number of amides is 2. The third kappa shape index (κ3) is 5.72. The smallest absolute Gasteiger partial charge is 0.409 e. The van der Waals surface area contributed by atoms with Gasteiger partial charge in [0.2, 0.25) is 6.17 Å². The van der Waals surface area contributed by atoms with Crippen molar-refractivity contribution in [3.05, 3.63) is 64.4 Å². The summed E-state index contributed by atoms with van der Waals surface area (Å²) in [4.78, 5) is 43.9. The van der Waals surface area contributed by atoms with Crippen LogP contribution in [0, 0.1) is 5.82 Å². The summed E-state index contributed by atoms with van der Waals surface area (Å²) in [6.45, 7) is 6.24. The molecule has 0 fully saturated rings. The average molecular weight is 490 g/mol. The molecule has 0 saturated heterocycles. The standard InChI is InChI=1S/C24H25ClFN3O5/c1-5-33-18(30)13-29-20-15(10-8-11-16(20)25)19(14-9-6-7-12-17(14)26)27-21(22(29)31)28-23(32)34-24(2,3)4/h6-12,21H,5,13H2,1-4H3,(H,28,32). The molecule has 1 heterocycles. The Morgan fingerprint density at radius 1 is 1.15 bits per heavy atom. The number of aliphatic imine (C=N–C) groups is 1. The fourth-order valence-corrected chi connectivity index (χ4v) is 3.64. The fourth-order valence-electron chi connectivity index (χ4n) is 3.37. The summed E-state index contributed by atoms with van der Waals surface area (Å²) in [7, 11) is 0. The SMILES string of the molecule is CCOC(=O)CN1C(=O)C(NC(=O)OC(C)(C)C)N=C(c2ccccc2F)c2cccc(Cl)c21. The number of anilines is 1. The van der Waals surface area contributed by atoms with Crippen LogP contribution in [-0.4, -0.2) is 48.6 Å². The molecule has 0 saturated carbocycles. The van der Waals surface area contributed by atoms with Crippen molar-refractivity contribution >= 4 is 41.0 Å². The number of nitrogens with one attached hydrogen (secondary N) is 1. The van der Waals surface area contributed by atoms with Crippen LogP contribution in [-0.2, 0) is 19.1 Å². The number of benzene rings is 2. The van der Waals surface area contributed by atoms with Crippen molar-refractivity contribution in [1.29, 1.82) is 0 Å². The van der Waals surface area contributed by atoms with Gasteiger partial charge in [-0.2, -0.15) is 0 Å². The topological polar surface area (TPSA) is 97.3 Å². The number of carbonyl (C=O) groups excluding carboxylic acids is 3. The summed E-state index contributed by atoms with van der Waals surface area (Å²) in [5.74, 6) is -2.04. The fraction of sp³-hybridized carbons (Fsp3) is 0.333. The van der Waals surface area contributed by atoms with Gasteiger partial charge < -0.3 is 9.47 Å². The molecular formula is C24H25ClFN3O5. The normalized spacial score (nSPS) is 15.7. The largest absolute Gasteiger partial charge is 0.465 e. The molecule has 10 heteroatoms. The molecule has 3 rings (SSSR count). The Bertz CT molecular complexity index is 1150. The van der Waals surface area contributed by atoms with Crippen molar-refractivity contribution in [2.45, 2.75) is 39.5 Å². The molecule has 1 N–H and O–H groups in total. The molecule has 0 radical (unpaired) electrons. The molecule has 2 aromatic carbocycles. The van der Waals surface area contributed by atoms with Crippen LogP contribution in [0.1, 0.15) is 38.8 Å². The molecule has 2 amide bonds. The zero-order valence-electron chi connectivity index (χ0n) is 19.2. The van der Waals surface area contributed by atoms with Gasteiger partial charge >= 0.3 is 12.1 Å². The third-order valence-corrected chi connectivity index (χ3v) is 4.95. The Balaban J connectivity index is 2.19. The van der Waals surface area contributed by atoms with Crippen LogP contribution in [0.25, 0.3) is 0 Å². The summed E-state index contributed by atoms with van der Waals surface area (Å²) >= 11 is 6.46. The Hall–Kier alpha value is -3.46. The molecule has 1 aliphatic rings. The van der Waals surface area contributed by atoms with Crippen LogP contribution in [0.2, 0.25) is 5.02 Å². The highest BCUT2D eigenvalue weighted by Crippen LogP contribution is 2.35. The summed E-state index contributed by atoms with van der Waals surface area (Å²) in [6, 6.07) is 10.6. The second-order valence-electron chi connectivity index (χ2n) is 8.37. The van der Waals surface area contributed by atoms with Gasteiger partial charge in [0.25, 0.3) is 5.91 Å². The molecule has 0 aliphatic carbocycles. The number of carbonyl (C=O) groups is 3. The molecule has 1 unspecified atom stereocenters. The van der Waals surface area contributed by atoms with Crippen molar-refractivity contribution in [3.8, 4) is 0 Å². The molecule has 1 aliphatic heterocycles. The van der Waals surface area contributed by atoms with E-state index in [1.165, 1.54) is 24.3 Å². The highest BCUT2D eigenvalue weighted by atomic mass is 35.5. The van der Waals surface area contributed by atoms with E-state index in [0.717, 1.165) is 4.90 Å². The number of para-hydroxylation sites is 1. The Morgan fingerprint density at radius 2 is 1.82 bits per heavy atom. The first-order valence-electron chi connectivity index (χ1n) is 10.6. The van der Waals surface area contributed by atoms with E-state index in [1.807, 2.05) is 0 Å². The predicted octanol–water partition coefficient (Wildman–Crippen LogP) is 4.08. The number of rotatable bonds is 5. The second kappa shape index (κ2) is 10.2. The zero-order valence-corrected chi connectivity index (χ0v) is 20.0. The minimum Gasteiger partial charge on any atom is -0.465 e. The first-order valence-corrected chi connectivity index (χ1v) is 11.0. The zero-order chi connectivity index (χ0) is 25.0. The van der Waals surface area contributed by atoms with E-state index < -0.39 is 42.1 Å². The number of hydrogen-bond acceptors (Lipinski definition) is 6. The van der Waals surface area contributed by atoms with Crippen LogP contribution in [0.4, 0.5) is 14.9 Å². The van der Waals surface area contributed by atoms with E-state index in [-0.39, 0.29) is 28.6 Å². The van der Waals surface area contributed by atoms with Crippen LogP contribution in [0.3, 0.4) is 0 Å². The van der Waals surface area contributed by atoms with Crippen LogP contribution < -0.4 is 10.2 Å². The Kier molecular flexibility index (Phi) is 7.56. The molecule has 1 atom stereocenters. The summed E-state index contributed by atoms with van der Waals surface area (Å²) in [6.07, 6.45) is -2.43. The first-order chi connectivity index (χ1) is 16.0. The van der Waals surface area contributed by atoms with E-state index >= 15 is 0 Å². The lowest BCUT2D eigenvalue weighted by molar-refractivity contribution is -0.142. The number of halogens is 2. The quantitative estimate of drug-likeness (QED) is 0.638. The average Bonchev–Trinajstić information content (AvgIpc) is 2.84. The molecule has 180 valence electrons. The van der Waals surface area contributed by atoms with Gasteiger partial charge in [-0.25, -0.2) is 14.2 Å². The van der Waals surface area contributed by atoms with Gasteiger partial charge in [0.1, 0.15) is 18.0 Å². The van der Waals surface area contributed by atoms with Crippen molar-refractivity contribution in [3.63, 3.8) is 0 Å². The minimum absolute atomic E-state index is 0.0800. The van der Waals surface area contributed by atoms with Gasteiger partial charge in [-0.3, -0.25) is 19.8 Å². The summed E-state index contributed by atoms with van der Waals surface area (Å²) < 4.78 is 25.1. The van der Waals surface area contributed by atoms with Crippen molar-refractivity contribution < 1.29 is 28.2 Å². The van der Waals surface area contributed by atoms with Gasteiger partial charge in [0.05, 0.1) is 23.0 Å². The highest BCUT2D eigenvalue weighted by molar-refractivity contribution is 6.36.